The minimum atomic E-state index is -0.199. The van der Waals surface area contributed by atoms with Crippen LogP contribution in [0.4, 0.5) is 0 Å². The van der Waals surface area contributed by atoms with Gasteiger partial charge in [-0.05, 0) is 163 Å². The number of benzene rings is 9. The number of fused-ring (bicyclic) bond motifs is 16. The highest BCUT2D eigenvalue weighted by atomic mass is 14.5. The Hall–Kier alpha value is -6.50. The van der Waals surface area contributed by atoms with E-state index in [1.54, 1.807) is 0 Å². The van der Waals surface area contributed by atoms with Gasteiger partial charge in [0.05, 0.1) is 0 Å². The molecule has 0 heterocycles. The predicted molar refractivity (Wildman–Crippen MR) is 263 cm³/mol. The molecule has 0 aromatic heterocycles. The van der Waals surface area contributed by atoms with Crippen LogP contribution in [0.2, 0.25) is 0 Å². The first-order valence-electron chi connectivity index (χ1n) is 22.6. The van der Waals surface area contributed by atoms with Crippen molar-refractivity contribution in [3.8, 4) is 66.8 Å². The summed E-state index contributed by atoms with van der Waals surface area (Å²) in [4.78, 5) is 0. The second-order valence-corrected chi connectivity index (χ2v) is 20.9. The minimum Gasteiger partial charge on any atom is -0.0619 e. The molecule has 0 N–H and O–H groups in total. The molecule has 0 amide bonds. The van der Waals surface area contributed by atoms with Crippen molar-refractivity contribution < 1.29 is 0 Å². The van der Waals surface area contributed by atoms with Gasteiger partial charge in [-0.3, -0.25) is 0 Å². The van der Waals surface area contributed by atoms with Gasteiger partial charge in [0.1, 0.15) is 0 Å². The Kier molecular flexibility index (Phi) is 6.82. The SMILES string of the molecule is CC1(C)c2ccccc2-c2cc(-c3ccc4c(c3)C(C)(C)c3cc5c(cc3-4)-c3c(cc(-c4ccc6c(c4)-c4ccccc4C6(C)C)c4ccc6ccccc6c34)C5(C)C)ccc21. The summed E-state index contributed by atoms with van der Waals surface area (Å²) in [6.07, 6.45) is 0. The van der Waals surface area contributed by atoms with Crippen LogP contribution in [0.5, 0.6) is 0 Å². The monoisotopic (exact) mass is 794 g/mol. The molecular formula is C62H50. The van der Waals surface area contributed by atoms with Crippen molar-refractivity contribution in [3.05, 3.63) is 202 Å². The largest absolute Gasteiger partial charge is 0.0619 e. The van der Waals surface area contributed by atoms with Crippen LogP contribution in [0.1, 0.15) is 99.9 Å². The maximum atomic E-state index is 2.60. The van der Waals surface area contributed by atoms with E-state index in [2.05, 4.69) is 213 Å². The zero-order valence-electron chi connectivity index (χ0n) is 37.0. The second-order valence-electron chi connectivity index (χ2n) is 20.9. The van der Waals surface area contributed by atoms with Gasteiger partial charge < -0.3 is 0 Å². The Bertz CT molecular complexity index is 3510. The maximum Gasteiger partial charge on any atom is 0.0159 e. The summed E-state index contributed by atoms with van der Waals surface area (Å²) in [6, 6.07) is 61.2. The number of rotatable bonds is 2. The third kappa shape index (κ3) is 4.43. The molecule has 0 aliphatic heterocycles. The lowest BCUT2D eigenvalue weighted by Crippen LogP contribution is -2.19. The first kappa shape index (κ1) is 36.2. The van der Waals surface area contributed by atoms with Crippen LogP contribution in [0, 0.1) is 0 Å². The lowest BCUT2D eigenvalue weighted by atomic mass is 9.77. The second kappa shape index (κ2) is 11.7. The summed E-state index contributed by atoms with van der Waals surface area (Å²) in [5.41, 5.74) is 27.2. The summed E-state index contributed by atoms with van der Waals surface area (Å²) in [5, 5.41) is 5.31. The van der Waals surface area contributed by atoms with Crippen LogP contribution < -0.4 is 0 Å². The topological polar surface area (TPSA) is 0 Å². The Morgan fingerprint density at radius 3 is 1.45 bits per heavy atom. The van der Waals surface area contributed by atoms with Gasteiger partial charge in [-0.25, -0.2) is 0 Å². The van der Waals surface area contributed by atoms with E-state index in [4.69, 9.17) is 0 Å². The molecular weight excluding hydrogens is 745 g/mol. The fourth-order valence-electron chi connectivity index (χ4n) is 12.8. The standard InChI is InChI=1S/C62H50/c1-59(2)49-19-13-11-17-40(49)45-29-36(23-27-51(45)59)37-22-25-42-47-32-48-55(34-54(47)61(5,6)53(42)31-37)62(7,8)56-33-44(43-26-21-35-15-9-10-16-39(35)57(43)58(48)56)38-24-28-52-46(30-38)41-18-12-14-20-50(41)60(52,3)4/h9-34H,1-8H3. The molecule has 9 aromatic carbocycles. The maximum absolute atomic E-state index is 2.60. The summed E-state index contributed by atoms with van der Waals surface area (Å²) in [5.74, 6) is 0. The van der Waals surface area contributed by atoms with Gasteiger partial charge in [-0.1, -0.05) is 183 Å². The highest BCUT2D eigenvalue weighted by molar-refractivity contribution is 6.20. The van der Waals surface area contributed by atoms with E-state index in [-0.39, 0.29) is 21.7 Å². The normalized spacial score (nSPS) is 16.9. The Labute approximate surface area is 365 Å². The van der Waals surface area contributed by atoms with E-state index in [0.717, 1.165) is 0 Å². The van der Waals surface area contributed by atoms with E-state index >= 15 is 0 Å². The molecule has 0 saturated carbocycles. The average Bonchev–Trinajstić information content (AvgIpc) is 3.84. The zero-order chi connectivity index (χ0) is 42.2. The van der Waals surface area contributed by atoms with Crippen LogP contribution in [0.25, 0.3) is 88.3 Å². The number of hydrogen-bond donors (Lipinski definition) is 0. The van der Waals surface area contributed by atoms with Gasteiger partial charge in [0, 0.05) is 21.7 Å². The van der Waals surface area contributed by atoms with Crippen molar-refractivity contribution in [2.45, 2.75) is 77.0 Å². The molecule has 0 nitrogen and oxygen atoms in total. The first-order chi connectivity index (χ1) is 29.8. The third-order valence-corrected chi connectivity index (χ3v) is 16.3. The fourth-order valence-corrected chi connectivity index (χ4v) is 12.8. The van der Waals surface area contributed by atoms with Crippen LogP contribution in [-0.4, -0.2) is 0 Å². The molecule has 4 aliphatic carbocycles. The van der Waals surface area contributed by atoms with Crippen molar-refractivity contribution >= 4 is 21.5 Å². The molecule has 0 unspecified atom stereocenters. The van der Waals surface area contributed by atoms with E-state index in [9.17, 15) is 0 Å². The van der Waals surface area contributed by atoms with Crippen molar-refractivity contribution in [1.29, 1.82) is 0 Å². The van der Waals surface area contributed by atoms with E-state index in [1.807, 2.05) is 0 Å². The Morgan fingerprint density at radius 1 is 0.258 bits per heavy atom. The highest BCUT2D eigenvalue weighted by Crippen LogP contribution is 2.60. The van der Waals surface area contributed by atoms with Crippen molar-refractivity contribution in [2.24, 2.45) is 0 Å². The summed E-state index contributed by atoms with van der Waals surface area (Å²) < 4.78 is 0. The minimum absolute atomic E-state index is 0.00389. The van der Waals surface area contributed by atoms with E-state index in [1.165, 1.54) is 133 Å². The molecule has 9 aromatic rings. The van der Waals surface area contributed by atoms with Gasteiger partial charge in [-0.2, -0.15) is 0 Å². The van der Waals surface area contributed by atoms with E-state index < -0.39 is 0 Å². The lowest BCUT2D eigenvalue weighted by Gasteiger charge is -2.26. The number of hydrogen-bond acceptors (Lipinski definition) is 0. The van der Waals surface area contributed by atoms with Gasteiger partial charge in [-0.15, -0.1) is 0 Å². The molecule has 4 aliphatic rings. The molecule has 0 saturated heterocycles. The molecule has 0 heteroatoms. The smallest absolute Gasteiger partial charge is 0.0159 e. The zero-order valence-corrected chi connectivity index (χ0v) is 37.0. The fraction of sp³-hybridized carbons (Fsp3) is 0.194. The third-order valence-electron chi connectivity index (χ3n) is 16.3. The molecule has 0 spiro atoms. The van der Waals surface area contributed by atoms with Crippen molar-refractivity contribution in [1.82, 2.24) is 0 Å². The van der Waals surface area contributed by atoms with Crippen molar-refractivity contribution in [2.75, 3.05) is 0 Å². The van der Waals surface area contributed by atoms with E-state index in [0.29, 0.717) is 0 Å². The average molecular weight is 795 g/mol. The Morgan fingerprint density at radius 2 is 0.742 bits per heavy atom. The molecule has 13 rings (SSSR count). The van der Waals surface area contributed by atoms with Crippen molar-refractivity contribution in [3.63, 3.8) is 0 Å². The summed E-state index contributed by atoms with van der Waals surface area (Å²) in [6.45, 7) is 19.3. The molecule has 62 heavy (non-hydrogen) atoms. The Balaban J connectivity index is 0.999. The van der Waals surface area contributed by atoms with Gasteiger partial charge >= 0.3 is 0 Å². The van der Waals surface area contributed by atoms with Gasteiger partial charge in [0.15, 0.2) is 0 Å². The van der Waals surface area contributed by atoms with Crippen LogP contribution in [0.3, 0.4) is 0 Å². The molecule has 0 fully saturated rings. The molecule has 0 bridgehead atoms. The van der Waals surface area contributed by atoms with Crippen LogP contribution >= 0.6 is 0 Å². The van der Waals surface area contributed by atoms with Gasteiger partial charge in [0.2, 0.25) is 0 Å². The van der Waals surface area contributed by atoms with Crippen LogP contribution in [-0.2, 0) is 21.7 Å². The molecule has 0 atom stereocenters. The lowest BCUT2D eigenvalue weighted by molar-refractivity contribution is 0.639. The summed E-state index contributed by atoms with van der Waals surface area (Å²) in [7, 11) is 0. The molecule has 298 valence electrons. The van der Waals surface area contributed by atoms with Crippen LogP contribution in [0.15, 0.2) is 158 Å². The summed E-state index contributed by atoms with van der Waals surface area (Å²) >= 11 is 0. The quantitative estimate of drug-likeness (QED) is 0.153. The highest BCUT2D eigenvalue weighted by Gasteiger charge is 2.44. The first-order valence-corrected chi connectivity index (χ1v) is 22.6. The predicted octanol–water partition coefficient (Wildman–Crippen LogP) is 16.6. The molecule has 0 radical (unpaired) electrons. The van der Waals surface area contributed by atoms with Gasteiger partial charge in [0.25, 0.3) is 0 Å².